The standard InChI is InChI=1S/C12H17N5/c13-17-16-11(12-14-7-4-8-15-12)9-10-5-2-1-3-6-10/h4,7-8,10-11H,1-3,5-6,9H2/t11-/m0/s1. The van der Waals surface area contributed by atoms with Gasteiger partial charge in [-0.3, -0.25) is 0 Å². The predicted octanol–water partition coefficient (Wildman–Crippen LogP) is 3.80. The average molecular weight is 231 g/mol. The first-order chi connectivity index (χ1) is 8.40. The normalized spacial score (nSPS) is 18.4. The van der Waals surface area contributed by atoms with Crippen LogP contribution in [-0.4, -0.2) is 9.97 Å². The van der Waals surface area contributed by atoms with Gasteiger partial charge in [-0.15, -0.1) is 0 Å². The lowest BCUT2D eigenvalue weighted by atomic mass is 9.85. The third kappa shape index (κ3) is 3.43. The second kappa shape index (κ2) is 6.21. The summed E-state index contributed by atoms with van der Waals surface area (Å²) in [5, 5.41) is 3.84. The third-order valence-corrected chi connectivity index (χ3v) is 3.36. The molecule has 0 N–H and O–H groups in total. The van der Waals surface area contributed by atoms with E-state index in [0.717, 1.165) is 6.42 Å². The van der Waals surface area contributed by atoms with E-state index in [-0.39, 0.29) is 6.04 Å². The zero-order valence-corrected chi connectivity index (χ0v) is 9.87. The Bertz CT molecular complexity index is 379. The van der Waals surface area contributed by atoms with Crippen molar-refractivity contribution < 1.29 is 0 Å². The summed E-state index contributed by atoms with van der Waals surface area (Å²) in [5.41, 5.74) is 8.63. The zero-order chi connectivity index (χ0) is 11.9. The highest BCUT2D eigenvalue weighted by Gasteiger charge is 2.20. The Morgan fingerprint density at radius 1 is 1.29 bits per heavy atom. The van der Waals surface area contributed by atoms with E-state index < -0.39 is 0 Å². The summed E-state index contributed by atoms with van der Waals surface area (Å²) >= 11 is 0. The van der Waals surface area contributed by atoms with Gasteiger partial charge in [0.1, 0.15) is 5.82 Å². The molecule has 1 heterocycles. The van der Waals surface area contributed by atoms with Crippen molar-refractivity contribution in [1.82, 2.24) is 9.97 Å². The molecule has 1 atom stereocenters. The highest BCUT2D eigenvalue weighted by atomic mass is 15.2. The van der Waals surface area contributed by atoms with Gasteiger partial charge < -0.3 is 0 Å². The summed E-state index contributed by atoms with van der Waals surface area (Å²) in [6, 6.07) is 1.57. The van der Waals surface area contributed by atoms with E-state index in [0.29, 0.717) is 11.7 Å². The quantitative estimate of drug-likeness (QED) is 0.449. The summed E-state index contributed by atoms with van der Waals surface area (Å²) in [6.45, 7) is 0. The fourth-order valence-electron chi connectivity index (χ4n) is 2.49. The van der Waals surface area contributed by atoms with Crippen LogP contribution >= 0.6 is 0 Å². The number of aromatic nitrogens is 2. The van der Waals surface area contributed by atoms with Gasteiger partial charge in [0.2, 0.25) is 0 Å². The Morgan fingerprint density at radius 2 is 2.00 bits per heavy atom. The van der Waals surface area contributed by atoms with Crippen LogP contribution in [0.15, 0.2) is 23.6 Å². The Hall–Kier alpha value is -1.61. The van der Waals surface area contributed by atoms with E-state index >= 15 is 0 Å². The van der Waals surface area contributed by atoms with Crippen molar-refractivity contribution >= 4 is 0 Å². The van der Waals surface area contributed by atoms with E-state index in [9.17, 15) is 0 Å². The minimum absolute atomic E-state index is 0.204. The molecule has 1 aromatic heterocycles. The van der Waals surface area contributed by atoms with E-state index in [1.165, 1.54) is 32.1 Å². The van der Waals surface area contributed by atoms with Crippen LogP contribution in [0.5, 0.6) is 0 Å². The van der Waals surface area contributed by atoms with Crippen LogP contribution < -0.4 is 0 Å². The highest BCUT2D eigenvalue weighted by molar-refractivity contribution is 4.97. The molecule has 0 bridgehead atoms. The highest BCUT2D eigenvalue weighted by Crippen LogP contribution is 2.32. The molecule has 1 aromatic rings. The van der Waals surface area contributed by atoms with E-state index in [1.54, 1.807) is 18.5 Å². The fourth-order valence-corrected chi connectivity index (χ4v) is 2.49. The van der Waals surface area contributed by atoms with E-state index in [2.05, 4.69) is 20.0 Å². The Kier molecular flexibility index (Phi) is 4.33. The lowest BCUT2D eigenvalue weighted by Crippen LogP contribution is -2.11. The summed E-state index contributed by atoms with van der Waals surface area (Å²) in [7, 11) is 0. The van der Waals surface area contributed by atoms with Crippen molar-refractivity contribution in [2.24, 2.45) is 11.0 Å². The second-order valence-corrected chi connectivity index (χ2v) is 4.57. The molecule has 1 aliphatic carbocycles. The van der Waals surface area contributed by atoms with Gasteiger partial charge in [-0.05, 0) is 23.9 Å². The van der Waals surface area contributed by atoms with Crippen LogP contribution in [-0.2, 0) is 0 Å². The number of rotatable bonds is 4. The third-order valence-electron chi connectivity index (χ3n) is 3.36. The fraction of sp³-hybridized carbons (Fsp3) is 0.667. The summed E-state index contributed by atoms with van der Waals surface area (Å²) in [4.78, 5) is 11.3. The smallest absolute Gasteiger partial charge is 0.137 e. The lowest BCUT2D eigenvalue weighted by molar-refractivity contribution is 0.315. The number of azide groups is 1. The minimum atomic E-state index is -0.204. The monoisotopic (exact) mass is 231 g/mol. The van der Waals surface area contributed by atoms with E-state index in [1.807, 2.05) is 0 Å². The predicted molar refractivity (Wildman–Crippen MR) is 65.1 cm³/mol. The van der Waals surface area contributed by atoms with Crippen molar-refractivity contribution in [3.05, 3.63) is 34.7 Å². The molecule has 90 valence electrons. The molecule has 17 heavy (non-hydrogen) atoms. The Balaban J connectivity index is 2.04. The van der Waals surface area contributed by atoms with Crippen LogP contribution in [0.25, 0.3) is 10.4 Å². The van der Waals surface area contributed by atoms with Crippen LogP contribution in [0.3, 0.4) is 0 Å². The van der Waals surface area contributed by atoms with Gasteiger partial charge in [0.15, 0.2) is 0 Å². The summed E-state index contributed by atoms with van der Waals surface area (Å²) in [5.74, 6) is 1.30. The van der Waals surface area contributed by atoms with Crippen molar-refractivity contribution in [2.45, 2.75) is 44.6 Å². The molecular formula is C12H17N5. The van der Waals surface area contributed by atoms with Crippen molar-refractivity contribution in [3.8, 4) is 0 Å². The van der Waals surface area contributed by atoms with E-state index in [4.69, 9.17) is 5.53 Å². The van der Waals surface area contributed by atoms with Gasteiger partial charge in [-0.25, -0.2) is 9.97 Å². The van der Waals surface area contributed by atoms with Gasteiger partial charge in [-0.2, -0.15) is 0 Å². The van der Waals surface area contributed by atoms with Gasteiger partial charge in [0.05, 0.1) is 6.04 Å². The van der Waals surface area contributed by atoms with Gasteiger partial charge >= 0.3 is 0 Å². The molecule has 5 nitrogen and oxygen atoms in total. The molecule has 0 unspecified atom stereocenters. The van der Waals surface area contributed by atoms with Gasteiger partial charge in [-0.1, -0.05) is 37.2 Å². The number of nitrogens with zero attached hydrogens (tertiary/aromatic N) is 5. The maximum atomic E-state index is 8.63. The molecule has 5 heteroatoms. The molecule has 1 saturated carbocycles. The first-order valence-electron chi connectivity index (χ1n) is 6.21. The largest absolute Gasteiger partial charge is 0.241 e. The lowest BCUT2D eigenvalue weighted by Gasteiger charge is -2.23. The molecule has 0 spiro atoms. The van der Waals surface area contributed by atoms with Gasteiger partial charge in [0, 0.05) is 17.3 Å². The van der Waals surface area contributed by atoms with Crippen LogP contribution in [0, 0.1) is 5.92 Å². The molecule has 0 aliphatic heterocycles. The second-order valence-electron chi connectivity index (χ2n) is 4.57. The van der Waals surface area contributed by atoms with Crippen LogP contribution in [0.4, 0.5) is 0 Å². The molecule has 1 aliphatic rings. The maximum Gasteiger partial charge on any atom is 0.137 e. The molecule has 0 saturated heterocycles. The molecule has 0 amide bonds. The maximum absolute atomic E-state index is 8.63. The van der Waals surface area contributed by atoms with Gasteiger partial charge in [0.25, 0.3) is 0 Å². The molecule has 2 rings (SSSR count). The number of hydrogen-bond donors (Lipinski definition) is 0. The van der Waals surface area contributed by atoms with Crippen LogP contribution in [0.1, 0.15) is 50.4 Å². The number of hydrogen-bond acceptors (Lipinski definition) is 3. The first kappa shape index (κ1) is 11.9. The Labute approximate surface area is 101 Å². The Morgan fingerprint density at radius 3 is 2.65 bits per heavy atom. The summed E-state index contributed by atoms with van der Waals surface area (Å²) < 4.78 is 0. The summed E-state index contributed by atoms with van der Waals surface area (Å²) in [6.07, 6.45) is 10.7. The average Bonchev–Trinajstić information content (AvgIpc) is 2.40. The molecule has 0 radical (unpaired) electrons. The van der Waals surface area contributed by atoms with Crippen molar-refractivity contribution in [3.63, 3.8) is 0 Å². The molecular weight excluding hydrogens is 214 g/mol. The first-order valence-corrected chi connectivity index (χ1v) is 6.21. The van der Waals surface area contributed by atoms with Crippen LogP contribution in [0.2, 0.25) is 0 Å². The molecule has 1 fully saturated rings. The minimum Gasteiger partial charge on any atom is -0.241 e. The molecule has 0 aromatic carbocycles. The SMILES string of the molecule is [N-]=[N+]=N[C@@H](CC1CCCCC1)c1ncccn1. The zero-order valence-electron chi connectivity index (χ0n) is 9.87. The van der Waals surface area contributed by atoms with Crippen molar-refractivity contribution in [1.29, 1.82) is 0 Å². The van der Waals surface area contributed by atoms with Crippen molar-refractivity contribution in [2.75, 3.05) is 0 Å². The topological polar surface area (TPSA) is 74.5 Å².